The van der Waals surface area contributed by atoms with Crippen LogP contribution in [0.15, 0.2) is 34.7 Å². The molecule has 1 aromatic rings. The molecule has 2 saturated heterocycles. The molecule has 2 aliphatic heterocycles. The minimum Gasteiger partial charge on any atom is -0.472 e. The molecule has 6 rings (SSSR count). The number of ketones is 1. The average molecular weight is 627 g/mol. The van der Waals surface area contributed by atoms with E-state index in [4.69, 9.17) is 28.1 Å². The summed E-state index contributed by atoms with van der Waals surface area (Å²) in [7, 11) is 1.20. The third-order valence-corrected chi connectivity index (χ3v) is 12.0. The smallest absolute Gasteiger partial charge is 0.347 e. The predicted octanol–water partition coefficient (Wildman–Crippen LogP) is 4.28. The summed E-state index contributed by atoms with van der Waals surface area (Å²) in [5, 5.41) is 0. The molecular formula is C34H42O11. The molecule has 244 valence electrons. The second kappa shape index (κ2) is 10.3. The first-order valence-corrected chi connectivity index (χ1v) is 15.6. The molecule has 3 aliphatic carbocycles. The number of carbonyl (C=O) groups excluding carboxylic acids is 5. The molecule has 3 saturated carbocycles. The van der Waals surface area contributed by atoms with Gasteiger partial charge in [-0.3, -0.25) is 14.4 Å². The van der Waals surface area contributed by atoms with Gasteiger partial charge in [-0.25, -0.2) is 9.59 Å². The van der Waals surface area contributed by atoms with E-state index in [0.29, 0.717) is 18.4 Å². The van der Waals surface area contributed by atoms with Gasteiger partial charge in [0.2, 0.25) is 6.10 Å². The summed E-state index contributed by atoms with van der Waals surface area (Å²) in [5.74, 6) is -5.33. The van der Waals surface area contributed by atoms with Crippen LogP contribution in [-0.2, 0) is 47.7 Å². The molecule has 0 radical (unpaired) electrons. The quantitative estimate of drug-likeness (QED) is 0.193. The fourth-order valence-electron chi connectivity index (χ4n) is 10.1. The summed E-state index contributed by atoms with van der Waals surface area (Å²) in [4.78, 5) is 67.4. The van der Waals surface area contributed by atoms with E-state index in [1.54, 1.807) is 38.5 Å². The van der Waals surface area contributed by atoms with Crippen LogP contribution in [0, 0.1) is 39.9 Å². The number of ether oxygens (including phenoxy) is 5. The molecule has 0 aromatic carbocycles. The highest BCUT2D eigenvalue weighted by Crippen LogP contribution is 2.77. The fourth-order valence-corrected chi connectivity index (χ4v) is 10.1. The number of esters is 4. The number of rotatable bonds is 6. The average Bonchev–Trinajstić information content (AvgIpc) is 3.43. The van der Waals surface area contributed by atoms with Crippen LogP contribution in [0.2, 0.25) is 0 Å². The number of furan rings is 1. The number of methoxy groups -OCH3 is 1. The number of hydrogen-bond acceptors (Lipinski definition) is 11. The molecule has 11 nitrogen and oxygen atoms in total. The number of Topliss-reactive ketones (excluding diaryl/α,β-unsaturated/α-hetero) is 1. The van der Waals surface area contributed by atoms with E-state index in [9.17, 15) is 24.0 Å². The van der Waals surface area contributed by atoms with Crippen LogP contribution in [0.5, 0.6) is 0 Å². The highest BCUT2D eigenvalue weighted by molar-refractivity contribution is 5.95. The van der Waals surface area contributed by atoms with Gasteiger partial charge in [0.25, 0.3) is 0 Å². The Hall–Kier alpha value is -3.47. The highest BCUT2D eigenvalue weighted by Gasteiger charge is 2.87. The van der Waals surface area contributed by atoms with E-state index in [1.165, 1.54) is 14.0 Å². The second-order valence-electron chi connectivity index (χ2n) is 14.5. The van der Waals surface area contributed by atoms with Crippen molar-refractivity contribution in [1.82, 2.24) is 0 Å². The molecule has 2 bridgehead atoms. The Balaban J connectivity index is 1.54. The third-order valence-electron chi connectivity index (χ3n) is 12.0. The normalized spacial score (nSPS) is 41.8. The Kier molecular flexibility index (Phi) is 7.19. The lowest BCUT2D eigenvalue weighted by atomic mass is 9.37. The number of fused-ring (bicyclic) bond motifs is 5. The first-order chi connectivity index (χ1) is 21.1. The van der Waals surface area contributed by atoms with Gasteiger partial charge in [-0.15, -0.1) is 0 Å². The van der Waals surface area contributed by atoms with Crippen molar-refractivity contribution in [1.29, 1.82) is 0 Å². The van der Waals surface area contributed by atoms with E-state index < -0.39 is 81.9 Å². The molecular weight excluding hydrogens is 584 g/mol. The lowest BCUT2D eigenvalue weighted by molar-refractivity contribution is -0.234. The van der Waals surface area contributed by atoms with Gasteiger partial charge in [0.15, 0.2) is 0 Å². The van der Waals surface area contributed by atoms with Crippen LogP contribution in [-0.4, -0.2) is 60.7 Å². The van der Waals surface area contributed by atoms with Gasteiger partial charge in [-0.1, -0.05) is 33.8 Å². The van der Waals surface area contributed by atoms with Crippen LogP contribution in [0.25, 0.3) is 0 Å². The zero-order chi connectivity index (χ0) is 32.9. The van der Waals surface area contributed by atoms with Crippen molar-refractivity contribution in [2.75, 3.05) is 7.11 Å². The predicted molar refractivity (Wildman–Crippen MR) is 155 cm³/mol. The SMILES string of the molecule is C/C=C(\C)C(=O)O[C@@H]1[C@@H]2C(=O)[C@](C)([C@H]([C@@H](OC(C)=O)C(=O)OC)C1(C)C)[C@H]1CC[C@@]3(C)[C@H](c4ccoc4)OC(=O)C[C@@H]3[C@]13O[C@H]23. The molecule has 1 aromatic heterocycles. The Bertz CT molecular complexity index is 1470. The third kappa shape index (κ3) is 4.14. The summed E-state index contributed by atoms with van der Waals surface area (Å²) >= 11 is 0. The minimum absolute atomic E-state index is 0.0788. The van der Waals surface area contributed by atoms with Gasteiger partial charge in [0, 0.05) is 52.1 Å². The maximum Gasteiger partial charge on any atom is 0.347 e. The van der Waals surface area contributed by atoms with E-state index in [-0.39, 0.29) is 24.1 Å². The Morgan fingerprint density at radius 2 is 1.80 bits per heavy atom. The highest BCUT2D eigenvalue weighted by atomic mass is 16.6. The van der Waals surface area contributed by atoms with Crippen LogP contribution in [0.3, 0.4) is 0 Å². The molecule has 5 fully saturated rings. The minimum atomic E-state index is -1.46. The number of epoxide rings is 1. The molecule has 5 aliphatic rings. The van der Waals surface area contributed by atoms with Crippen molar-refractivity contribution in [2.45, 2.75) is 97.7 Å². The summed E-state index contributed by atoms with van der Waals surface area (Å²) < 4.78 is 35.1. The largest absolute Gasteiger partial charge is 0.472 e. The topological polar surface area (TPSA) is 148 Å². The monoisotopic (exact) mass is 626 g/mol. The summed E-state index contributed by atoms with van der Waals surface area (Å²) in [6.45, 7) is 12.1. The first-order valence-electron chi connectivity index (χ1n) is 15.6. The number of cyclic esters (lactones) is 1. The van der Waals surface area contributed by atoms with Crippen molar-refractivity contribution in [3.8, 4) is 0 Å². The fraction of sp³-hybridized carbons (Fsp3) is 0.676. The number of hydrogen-bond donors (Lipinski definition) is 0. The van der Waals surface area contributed by atoms with Gasteiger partial charge < -0.3 is 28.1 Å². The van der Waals surface area contributed by atoms with Crippen molar-refractivity contribution >= 4 is 29.7 Å². The summed E-state index contributed by atoms with van der Waals surface area (Å²) in [5.41, 5.74) is -2.75. The maximum atomic E-state index is 14.9. The lowest BCUT2D eigenvalue weighted by Crippen LogP contribution is -2.74. The van der Waals surface area contributed by atoms with E-state index in [0.717, 1.165) is 5.56 Å². The van der Waals surface area contributed by atoms with Crippen molar-refractivity contribution in [2.24, 2.45) is 39.9 Å². The van der Waals surface area contributed by atoms with Crippen molar-refractivity contribution in [3.63, 3.8) is 0 Å². The van der Waals surface area contributed by atoms with E-state index in [2.05, 4.69) is 6.92 Å². The summed E-state index contributed by atoms with van der Waals surface area (Å²) in [6.07, 6.45) is 2.24. The van der Waals surface area contributed by atoms with Crippen LogP contribution >= 0.6 is 0 Å². The molecule has 11 heteroatoms. The summed E-state index contributed by atoms with van der Waals surface area (Å²) in [6, 6.07) is 1.79. The van der Waals surface area contributed by atoms with Crippen LogP contribution in [0.1, 0.15) is 79.4 Å². The van der Waals surface area contributed by atoms with Gasteiger partial charge in [0.1, 0.15) is 29.7 Å². The van der Waals surface area contributed by atoms with E-state index in [1.807, 2.05) is 20.8 Å². The maximum absolute atomic E-state index is 14.9. The Morgan fingerprint density at radius 1 is 1.09 bits per heavy atom. The molecule has 0 unspecified atom stereocenters. The molecule has 45 heavy (non-hydrogen) atoms. The zero-order valence-electron chi connectivity index (χ0n) is 27.0. The molecule has 0 amide bonds. The second-order valence-corrected chi connectivity index (χ2v) is 14.5. The number of carbonyl (C=O) groups is 5. The number of allylic oxidation sites excluding steroid dienone is 1. The standard InChI is InChI=1S/C34H42O11/c1-9-16(2)29(38)44-27-22-25(37)33(7,24(31(27,4)5)23(30(39)40-8)42-17(3)35)19-10-12-32(6)20(34(19)28(22)45-34)14-21(36)43-26(32)18-11-13-41-15-18/h9,11,13,15,19-20,22-24,26-28H,10,12,14H2,1-8H3/b16-9+/t19-,20+,22+,23-,24-,26+,27-,28-,32-,33+,34-/m1/s1. The van der Waals surface area contributed by atoms with Crippen LogP contribution in [0.4, 0.5) is 0 Å². The van der Waals surface area contributed by atoms with Crippen molar-refractivity contribution < 1.29 is 52.1 Å². The van der Waals surface area contributed by atoms with Crippen molar-refractivity contribution in [3.05, 3.63) is 35.8 Å². The van der Waals surface area contributed by atoms with Crippen LogP contribution < -0.4 is 0 Å². The Labute approximate surface area is 262 Å². The lowest BCUT2D eigenvalue weighted by Gasteiger charge is -2.65. The van der Waals surface area contributed by atoms with E-state index >= 15 is 0 Å². The van der Waals surface area contributed by atoms with Gasteiger partial charge in [0.05, 0.1) is 32.0 Å². The molecule has 11 atom stereocenters. The molecule has 0 N–H and O–H groups in total. The van der Waals surface area contributed by atoms with Gasteiger partial charge in [-0.05, 0) is 32.8 Å². The Morgan fingerprint density at radius 3 is 2.40 bits per heavy atom. The molecule has 1 spiro atoms. The zero-order valence-corrected chi connectivity index (χ0v) is 27.0. The first kappa shape index (κ1) is 31.5. The van der Waals surface area contributed by atoms with Gasteiger partial charge >= 0.3 is 23.9 Å². The molecule has 3 heterocycles. The van der Waals surface area contributed by atoms with Gasteiger partial charge in [-0.2, -0.15) is 0 Å².